The highest BCUT2D eigenvalue weighted by molar-refractivity contribution is 6.46. The van der Waals surface area contributed by atoms with Gasteiger partial charge in [-0.1, -0.05) is 26.0 Å². The molecular formula is C25H30N2O5. The molecule has 3 rings (SSSR count). The minimum atomic E-state index is -0.750. The Hall–Kier alpha value is -3.32. The number of likely N-dealkylation sites (N-methyl/N-ethyl adjacent to an activating group) is 1. The summed E-state index contributed by atoms with van der Waals surface area (Å²) in [5.74, 6) is -0.689. The predicted octanol–water partition coefficient (Wildman–Crippen LogP) is 3.51. The van der Waals surface area contributed by atoms with Crippen LogP contribution in [-0.4, -0.2) is 66.0 Å². The quantitative estimate of drug-likeness (QED) is 0.391. The lowest BCUT2D eigenvalue weighted by atomic mass is 9.93. The van der Waals surface area contributed by atoms with Crippen LogP contribution in [0.5, 0.6) is 11.5 Å². The molecule has 1 saturated heterocycles. The van der Waals surface area contributed by atoms with Gasteiger partial charge in [0, 0.05) is 18.7 Å². The molecule has 0 aromatic heterocycles. The van der Waals surface area contributed by atoms with E-state index in [4.69, 9.17) is 4.74 Å². The smallest absolute Gasteiger partial charge is 0.295 e. The molecule has 1 atom stereocenters. The Morgan fingerprint density at radius 1 is 1.12 bits per heavy atom. The number of hydrogen-bond acceptors (Lipinski definition) is 6. The van der Waals surface area contributed by atoms with E-state index in [0.717, 1.165) is 5.56 Å². The number of ketones is 1. The maximum absolute atomic E-state index is 13.1. The Balaban J connectivity index is 2.17. The molecule has 2 aromatic rings. The van der Waals surface area contributed by atoms with Crippen LogP contribution in [-0.2, 0) is 9.59 Å². The fourth-order valence-electron chi connectivity index (χ4n) is 3.91. The number of aliphatic hydroxyl groups is 1. The number of Topliss-reactive ketones (excluding diaryl/α,β-unsaturated/α-hetero) is 1. The normalized spacial score (nSPS) is 18.1. The number of methoxy groups -OCH3 is 1. The molecule has 2 aromatic carbocycles. The molecule has 32 heavy (non-hydrogen) atoms. The van der Waals surface area contributed by atoms with E-state index in [1.54, 1.807) is 37.4 Å². The molecule has 1 fully saturated rings. The molecule has 0 bridgehead atoms. The van der Waals surface area contributed by atoms with Gasteiger partial charge in [0.1, 0.15) is 17.3 Å². The first-order chi connectivity index (χ1) is 15.1. The van der Waals surface area contributed by atoms with E-state index in [0.29, 0.717) is 30.0 Å². The van der Waals surface area contributed by atoms with Crippen molar-refractivity contribution in [3.63, 3.8) is 0 Å². The lowest BCUT2D eigenvalue weighted by Crippen LogP contribution is -2.35. The molecule has 1 aliphatic heterocycles. The zero-order valence-electron chi connectivity index (χ0n) is 19.1. The third-order valence-electron chi connectivity index (χ3n) is 5.66. The molecule has 0 aliphatic carbocycles. The summed E-state index contributed by atoms with van der Waals surface area (Å²) in [6.45, 7) is 4.90. The predicted molar refractivity (Wildman–Crippen MR) is 123 cm³/mol. The van der Waals surface area contributed by atoms with Crippen LogP contribution in [0.1, 0.15) is 42.5 Å². The van der Waals surface area contributed by atoms with Crippen molar-refractivity contribution in [2.45, 2.75) is 25.8 Å². The van der Waals surface area contributed by atoms with E-state index in [1.165, 1.54) is 17.0 Å². The topological polar surface area (TPSA) is 90.3 Å². The van der Waals surface area contributed by atoms with Crippen molar-refractivity contribution in [2.24, 2.45) is 0 Å². The summed E-state index contributed by atoms with van der Waals surface area (Å²) in [7, 11) is 5.36. The number of aromatic hydroxyl groups is 1. The number of carbonyl (C=O) groups excluding carboxylic acids is 2. The van der Waals surface area contributed by atoms with E-state index in [2.05, 4.69) is 0 Å². The van der Waals surface area contributed by atoms with Gasteiger partial charge in [0.25, 0.3) is 11.7 Å². The summed E-state index contributed by atoms with van der Waals surface area (Å²) in [5, 5.41) is 20.9. The lowest BCUT2D eigenvalue weighted by molar-refractivity contribution is -0.140. The number of ether oxygens (including phenoxy) is 1. The van der Waals surface area contributed by atoms with Crippen LogP contribution >= 0.6 is 0 Å². The molecule has 170 valence electrons. The molecule has 1 aliphatic rings. The molecule has 1 amide bonds. The van der Waals surface area contributed by atoms with Crippen LogP contribution in [0.3, 0.4) is 0 Å². The zero-order valence-corrected chi connectivity index (χ0v) is 19.1. The molecular weight excluding hydrogens is 408 g/mol. The maximum Gasteiger partial charge on any atom is 0.295 e. The highest BCUT2D eigenvalue weighted by Crippen LogP contribution is 2.40. The Kier molecular flexibility index (Phi) is 6.89. The van der Waals surface area contributed by atoms with Crippen molar-refractivity contribution < 1.29 is 24.5 Å². The number of phenols is 1. The molecule has 0 spiro atoms. The van der Waals surface area contributed by atoms with E-state index in [9.17, 15) is 19.8 Å². The molecule has 0 radical (unpaired) electrons. The van der Waals surface area contributed by atoms with Crippen molar-refractivity contribution >= 4 is 17.4 Å². The molecule has 1 heterocycles. The van der Waals surface area contributed by atoms with Crippen molar-refractivity contribution in [2.75, 3.05) is 34.3 Å². The summed E-state index contributed by atoms with van der Waals surface area (Å²) < 4.78 is 5.42. The minimum absolute atomic E-state index is 0.0410. The summed E-state index contributed by atoms with van der Waals surface area (Å²) in [6, 6.07) is 10.8. The SMILES string of the molecule is COc1ccc(/C(O)=C2/C(=O)C(=O)N(CCN(C)C)C2c2ccc(O)cc2)cc1C(C)C. The number of carbonyl (C=O) groups is 2. The minimum Gasteiger partial charge on any atom is -0.508 e. The number of phenolic OH excluding ortho intramolecular Hbond substituents is 1. The first-order valence-corrected chi connectivity index (χ1v) is 10.6. The van der Waals surface area contributed by atoms with Gasteiger partial charge in [0.2, 0.25) is 0 Å². The van der Waals surface area contributed by atoms with Gasteiger partial charge in [-0.25, -0.2) is 0 Å². The number of rotatable bonds is 7. The summed E-state index contributed by atoms with van der Waals surface area (Å²) in [6.07, 6.45) is 0. The van der Waals surface area contributed by atoms with Gasteiger partial charge in [-0.2, -0.15) is 0 Å². The van der Waals surface area contributed by atoms with E-state index >= 15 is 0 Å². The standard InChI is InChI=1S/C25H30N2O5/c1-15(2)19-14-17(8-11-20(19)32-5)23(29)21-22(16-6-9-18(28)10-7-16)27(13-12-26(3)4)25(31)24(21)30/h6-11,14-15,22,28-29H,12-13H2,1-5H3/b23-21-. The molecule has 1 unspecified atom stereocenters. The van der Waals surface area contributed by atoms with Gasteiger partial charge < -0.3 is 24.7 Å². The summed E-state index contributed by atoms with van der Waals surface area (Å²) in [4.78, 5) is 29.4. The fourth-order valence-corrected chi connectivity index (χ4v) is 3.91. The van der Waals surface area contributed by atoms with E-state index in [-0.39, 0.29) is 23.0 Å². The van der Waals surface area contributed by atoms with Gasteiger partial charge >= 0.3 is 0 Å². The first-order valence-electron chi connectivity index (χ1n) is 10.6. The molecule has 2 N–H and O–H groups in total. The van der Waals surface area contributed by atoms with Crippen LogP contribution in [0.2, 0.25) is 0 Å². The number of benzene rings is 2. The van der Waals surface area contributed by atoms with Crippen molar-refractivity contribution in [1.82, 2.24) is 9.80 Å². The highest BCUT2D eigenvalue weighted by Gasteiger charge is 2.45. The second kappa shape index (κ2) is 9.44. The van der Waals surface area contributed by atoms with Crippen molar-refractivity contribution in [1.29, 1.82) is 0 Å². The van der Waals surface area contributed by atoms with Gasteiger partial charge in [0.15, 0.2) is 0 Å². The van der Waals surface area contributed by atoms with Crippen LogP contribution in [0.25, 0.3) is 5.76 Å². The van der Waals surface area contributed by atoms with Gasteiger partial charge in [-0.15, -0.1) is 0 Å². The number of nitrogens with zero attached hydrogens (tertiary/aromatic N) is 2. The molecule has 0 saturated carbocycles. The van der Waals surface area contributed by atoms with Crippen LogP contribution in [0.4, 0.5) is 0 Å². The number of hydrogen-bond donors (Lipinski definition) is 2. The summed E-state index contributed by atoms with van der Waals surface area (Å²) in [5.41, 5.74) is 2.02. The van der Waals surface area contributed by atoms with Gasteiger partial charge in [-0.3, -0.25) is 9.59 Å². The molecule has 7 heteroatoms. The number of amides is 1. The monoisotopic (exact) mass is 438 g/mol. The van der Waals surface area contributed by atoms with Crippen LogP contribution in [0, 0.1) is 0 Å². The number of aliphatic hydroxyl groups excluding tert-OH is 1. The second-order valence-corrected chi connectivity index (χ2v) is 8.50. The summed E-state index contributed by atoms with van der Waals surface area (Å²) >= 11 is 0. The van der Waals surface area contributed by atoms with Crippen molar-refractivity contribution in [3.05, 3.63) is 64.7 Å². The largest absolute Gasteiger partial charge is 0.508 e. The Morgan fingerprint density at radius 3 is 2.34 bits per heavy atom. The maximum atomic E-state index is 13.1. The Labute approximate surface area is 188 Å². The second-order valence-electron chi connectivity index (χ2n) is 8.50. The van der Waals surface area contributed by atoms with E-state index in [1.807, 2.05) is 32.8 Å². The van der Waals surface area contributed by atoms with E-state index < -0.39 is 17.7 Å². The van der Waals surface area contributed by atoms with Crippen LogP contribution < -0.4 is 4.74 Å². The lowest BCUT2D eigenvalue weighted by Gasteiger charge is -2.26. The Bertz CT molecular complexity index is 1040. The van der Waals surface area contributed by atoms with Crippen LogP contribution in [0.15, 0.2) is 48.0 Å². The molecule has 7 nitrogen and oxygen atoms in total. The van der Waals surface area contributed by atoms with Gasteiger partial charge in [0.05, 0.1) is 18.7 Å². The zero-order chi connectivity index (χ0) is 23.6. The average molecular weight is 439 g/mol. The highest BCUT2D eigenvalue weighted by atomic mass is 16.5. The number of likely N-dealkylation sites (tertiary alicyclic amines) is 1. The average Bonchev–Trinajstić information content (AvgIpc) is 3.01. The third kappa shape index (κ3) is 4.48. The Morgan fingerprint density at radius 2 is 1.78 bits per heavy atom. The first kappa shape index (κ1) is 23.3. The van der Waals surface area contributed by atoms with Gasteiger partial charge in [-0.05, 0) is 61.5 Å². The fraction of sp³-hybridized carbons (Fsp3) is 0.360. The van der Waals surface area contributed by atoms with Crippen molar-refractivity contribution in [3.8, 4) is 11.5 Å². The third-order valence-corrected chi connectivity index (χ3v) is 5.66.